The molecule has 3 aromatic carbocycles. The zero-order valence-electron chi connectivity index (χ0n) is 20.9. The number of piperidine rings is 1. The number of aliphatic imine (C=N–C) groups is 1. The number of halogens is 1. The minimum Gasteiger partial charge on any atom is -0.346 e. The van der Waals surface area contributed by atoms with E-state index in [0.717, 1.165) is 36.4 Å². The average Bonchev–Trinajstić information content (AvgIpc) is 3.23. The van der Waals surface area contributed by atoms with E-state index in [1.165, 1.54) is 37.0 Å². The van der Waals surface area contributed by atoms with E-state index in [2.05, 4.69) is 32.7 Å². The molecule has 1 fully saturated rings. The molecule has 0 spiro atoms. The Bertz CT molecular complexity index is 1300. The van der Waals surface area contributed by atoms with Crippen LogP contribution >= 0.6 is 0 Å². The highest BCUT2D eigenvalue weighted by Crippen LogP contribution is 2.33. The van der Waals surface area contributed by atoms with Crippen LogP contribution in [-0.2, 0) is 11.3 Å². The lowest BCUT2D eigenvalue weighted by Gasteiger charge is -2.26. The zero-order valence-corrected chi connectivity index (χ0v) is 20.9. The highest BCUT2D eigenvalue weighted by Gasteiger charge is 2.30. The first-order chi connectivity index (χ1) is 18.0. The Morgan fingerprint density at radius 2 is 1.81 bits per heavy atom. The summed E-state index contributed by atoms with van der Waals surface area (Å²) in [5.41, 5.74) is 4.70. The average molecular weight is 499 g/mol. The van der Waals surface area contributed by atoms with Crippen molar-refractivity contribution >= 4 is 29.4 Å². The number of rotatable bonds is 7. The zero-order chi connectivity index (χ0) is 25.8. The number of hydrogen-bond donors (Lipinski definition) is 2. The quantitative estimate of drug-likeness (QED) is 0.408. The van der Waals surface area contributed by atoms with E-state index in [4.69, 9.17) is 0 Å². The second kappa shape index (κ2) is 11.0. The molecule has 1 unspecified atom stereocenters. The van der Waals surface area contributed by atoms with Gasteiger partial charge >= 0.3 is 0 Å². The summed E-state index contributed by atoms with van der Waals surface area (Å²) >= 11 is 0. The third-order valence-electron chi connectivity index (χ3n) is 7.07. The van der Waals surface area contributed by atoms with Gasteiger partial charge in [0.2, 0.25) is 5.91 Å². The van der Waals surface area contributed by atoms with Gasteiger partial charge in [-0.2, -0.15) is 0 Å². The van der Waals surface area contributed by atoms with Gasteiger partial charge in [-0.1, -0.05) is 30.7 Å². The van der Waals surface area contributed by atoms with Crippen LogP contribution in [0.15, 0.2) is 71.7 Å². The summed E-state index contributed by atoms with van der Waals surface area (Å²) < 4.78 is 13.2. The first-order valence-corrected chi connectivity index (χ1v) is 12.8. The second-order valence-electron chi connectivity index (χ2n) is 9.80. The molecule has 2 heterocycles. The van der Waals surface area contributed by atoms with Crippen molar-refractivity contribution in [2.75, 3.05) is 18.4 Å². The molecule has 37 heavy (non-hydrogen) atoms. The van der Waals surface area contributed by atoms with E-state index in [1.807, 2.05) is 19.1 Å². The molecule has 0 aliphatic carbocycles. The molecule has 2 N–H and O–H groups in total. The lowest BCUT2D eigenvalue weighted by molar-refractivity contribution is -0.115. The molecule has 2 atom stereocenters. The highest BCUT2D eigenvalue weighted by molar-refractivity contribution is 6.13. The Morgan fingerprint density at radius 1 is 1.08 bits per heavy atom. The van der Waals surface area contributed by atoms with Gasteiger partial charge in [0.1, 0.15) is 11.7 Å². The fourth-order valence-corrected chi connectivity index (χ4v) is 4.91. The molecule has 0 saturated carbocycles. The number of fused-ring (bicyclic) bond motifs is 1. The van der Waals surface area contributed by atoms with Crippen molar-refractivity contribution in [3.05, 3.63) is 94.8 Å². The van der Waals surface area contributed by atoms with E-state index in [0.29, 0.717) is 11.3 Å². The van der Waals surface area contributed by atoms with E-state index in [1.54, 1.807) is 36.5 Å². The first kappa shape index (κ1) is 24.8. The number of nitrogens with zero attached hydrogens (tertiary/aromatic N) is 2. The van der Waals surface area contributed by atoms with Crippen LogP contribution in [0, 0.1) is 5.82 Å². The molecule has 1 saturated heterocycles. The number of hydrogen-bond acceptors (Lipinski definition) is 4. The lowest BCUT2D eigenvalue weighted by atomic mass is 9.99. The van der Waals surface area contributed by atoms with Crippen LogP contribution in [0.1, 0.15) is 65.2 Å². The monoisotopic (exact) mass is 498 g/mol. The third-order valence-corrected chi connectivity index (χ3v) is 7.07. The van der Waals surface area contributed by atoms with Gasteiger partial charge in [0.05, 0.1) is 11.7 Å². The van der Waals surface area contributed by atoms with Crippen molar-refractivity contribution in [1.82, 2.24) is 10.2 Å². The standard InChI is InChI=1S/C30H31FN4O2/c1-20(22-7-10-24(31)11-8-22)33-29(36)23-9-14-28-26(17-23)27(30(37)34-28)18-32-25-12-5-21(6-13-25)19-35-15-3-2-4-16-35/h5-14,17-18,20,27H,2-4,15-16,19H2,1H3,(H,33,36)(H,34,37)/t20-,27?/m0/s1. The molecule has 2 aliphatic heterocycles. The molecule has 5 rings (SSSR count). The van der Waals surface area contributed by atoms with Crippen LogP contribution in [-0.4, -0.2) is 36.0 Å². The number of likely N-dealkylation sites (tertiary alicyclic amines) is 1. The fourth-order valence-electron chi connectivity index (χ4n) is 4.91. The van der Waals surface area contributed by atoms with Crippen LogP contribution < -0.4 is 10.6 Å². The number of benzene rings is 3. The minimum absolute atomic E-state index is 0.169. The maximum atomic E-state index is 13.2. The third kappa shape index (κ3) is 5.94. The Kier molecular flexibility index (Phi) is 7.42. The second-order valence-corrected chi connectivity index (χ2v) is 9.80. The van der Waals surface area contributed by atoms with Crippen molar-refractivity contribution < 1.29 is 14.0 Å². The number of carbonyl (C=O) groups is 2. The molecule has 6 nitrogen and oxygen atoms in total. The maximum absolute atomic E-state index is 13.2. The largest absolute Gasteiger partial charge is 0.346 e. The fraction of sp³-hybridized carbons (Fsp3) is 0.300. The summed E-state index contributed by atoms with van der Waals surface area (Å²) in [5.74, 6) is -1.33. The van der Waals surface area contributed by atoms with Gasteiger partial charge in [0.15, 0.2) is 0 Å². The van der Waals surface area contributed by atoms with Crippen molar-refractivity contribution in [2.24, 2.45) is 4.99 Å². The predicted octanol–water partition coefficient (Wildman–Crippen LogP) is 5.74. The van der Waals surface area contributed by atoms with Crippen LogP contribution in [0.3, 0.4) is 0 Å². The van der Waals surface area contributed by atoms with Crippen LogP contribution in [0.4, 0.5) is 15.8 Å². The summed E-state index contributed by atoms with van der Waals surface area (Å²) in [6, 6.07) is 19.1. The summed E-state index contributed by atoms with van der Waals surface area (Å²) in [4.78, 5) is 32.6. The van der Waals surface area contributed by atoms with Crippen molar-refractivity contribution in [3.8, 4) is 0 Å². The summed E-state index contributed by atoms with van der Waals surface area (Å²) in [5, 5.41) is 5.81. The Hall–Kier alpha value is -3.84. The molecular weight excluding hydrogens is 467 g/mol. The predicted molar refractivity (Wildman–Crippen MR) is 144 cm³/mol. The lowest BCUT2D eigenvalue weighted by Crippen LogP contribution is -2.28. The maximum Gasteiger partial charge on any atom is 0.251 e. The summed E-state index contributed by atoms with van der Waals surface area (Å²) in [6.45, 7) is 5.10. The highest BCUT2D eigenvalue weighted by atomic mass is 19.1. The van der Waals surface area contributed by atoms with Crippen LogP contribution in [0.25, 0.3) is 0 Å². The van der Waals surface area contributed by atoms with Crippen molar-refractivity contribution in [3.63, 3.8) is 0 Å². The SMILES string of the molecule is C[C@H](NC(=O)c1ccc2c(c1)C(C=Nc1ccc(CN3CCCCC3)cc1)C(=O)N2)c1ccc(F)cc1. The van der Waals surface area contributed by atoms with Crippen molar-refractivity contribution in [2.45, 2.75) is 44.7 Å². The van der Waals surface area contributed by atoms with Crippen LogP contribution in [0.2, 0.25) is 0 Å². The van der Waals surface area contributed by atoms with Crippen LogP contribution in [0.5, 0.6) is 0 Å². The molecule has 0 bridgehead atoms. The Balaban J connectivity index is 1.26. The van der Waals surface area contributed by atoms with E-state index in [9.17, 15) is 14.0 Å². The topological polar surface area (TPSA) is 73.8 Å². The summed E-state index contributed by atoms with van der Waals surface area (Å²) in [7, 11) is 0. The van der Waals surface area contributed by atoms with Gasteiger partial charge < -0.3 is 10.6 Å². The van der Waals surface area contributed by atoms with Gasteiger partial charge in [-0.05, 0) is 92.0 Å². The van der Waals surface area contributed by atoms with E-state index in [-0.39, 0.29) is 23.7 Å². The van der Waals surface area contributed by atoms with Gasteiger partial charge in [0, 0.05) is 24.0 Å². The molecule has 0 radical (unpaired) electrons. The van der Waals surface area contributed by atoms with Gasteiger partial charge in [-0.25, -0.2) is 4.39 Å². The number of amides is 2. The molecule has 0 aromatic heterocycles. The first-order valence-electron chi connectivity index (χ1n) is 12.8. The summed E-state index contributed by atoms with van der Waals surface area (Å²) in [6.07, 6.45) is 5.50. The van der Waals surface area contributed by atoms with Gasteiger partial charge in [-0.15, -0.1) is 0 Å². The van der Waals surface area contributed by atoms with Crippen molar-refractivity contribution in [1.29, 1.82) is 0 Å². The van der Waals surface area contributed by atoms with E-state index >= 15 is 0 Å². The Labute approximate surface area is 216 Å². The number of nitrogens with one attached hydrogen (secondary N) is 2. The Morgan fingerprint density at radius 3 is 2.54 bits per heavy atom. The molecule has 3 aromatic rings. The molecule has 2 amide bonds. The smallest absolute Gasteiger partial charge is 0.251 e. The number of anilines is 1. The van der Waals surface area contributed by atoms with E-state index < -0.39 is 5.92 Å². The van der Waals surface area contributed by atoms with Gasteiger partial charge in [0.25, 0.3) is 5.91 Å². The minimum atomic E-state index is -0.578. The molecule has 2 aliphatic rings. The molecule has 190 valence electrons. The molecular formula is C30H31FN4O2. The van der Waals surface area contributed by atoms with Gasteiger partial charge in [-0.3, -0.25) is 19.5 Å². The number of carbonyl (C=O) groups excluding carboxylic acids is 2. The normalized spacial score (nSPS) is 18.4. The molecule has 7 heteroatoms.